The minimum absolute atomic E-state index is 0.0225. The van der Waals surface area contributed by atoms with Gasteiger partial charge in [-0.15, -0.1) is 0 Å². The average Bonchev–Trinajstić information content (AvgIpc) is 0.769. The van der Waals surface area contributed by atoms with Gasteiger partial charge >= 0.3 is 35.8 Å². The number of ether oxygens (including phenoxy) is 18. The Bertz CT molecular complexity index is 3300. The van der Waals surface area contributed by atoms with E-state index in [-0.39, 0.29) is 118 Å². The fraction of sp³-hybridized carbons (Fsp3) is 0.889. The van der Waals surface area contributed by atoms with Crippen molar-refractivity contribution in [3.8, 4) is 0 Å². The molecule has 22 N–H and O–H groups in total. The largest absolute Gasteiger partial charge is 0.481 e. The number of aliphatic hydroxyl groups excluding tert-OH is 16. The van der Waals surface area contributed by atoms with Crippen molar-refractivity contribution >= 4 is 143 Å². The fourth-order valence-corrected chi connectivity index (χ4v) is 22.3. The van der Waals surface area contributed by atoms with Crippen molar-refractivity contribution in [3.05, 3.63) is 0 Å². The second-order valence-corrected chi connectivity index (χ2v) is 39.6. The first-order valence-electron chi connectivity index (χ1n) is 40.4. The van der Waals surface area contributed by atoms with E-state index in [0.717, 1.165) is 94.1 Å². The molecule has 30 rings (SSSR count). The van der Waals surface area contributed by atoms with Crippen LogP contribution >= 0.6 is 94.1 Å². The maximum atomic E-state index is 12.3. The Kier molecular flexibility index (Phi) is 45.8. The molecule has 0 amide bonds. The molecule has 0 aromatic heterocycles. The van der Waals surface area contributed by atoms with Gasteiger partial charge in [0.2, 0.25) is 0 Å². The molecule has 0 radical (unpaired) electrons. The van der Waals surface area contributed by atoms with Gasteiger partial charge in [-0.05, 0) is 0 Å². The lowest BCUT2D eigenvalue weighted by Gasteiger charge is -2.51. The third kappa shape index (κ3) is 30.6. The van der Waals surface area contributed by atoms with Crippen LogP contribution in [0.4, 0.5) is 0 Å². The third-order valence-corrected chi connectivity index (χ3v) is 29.7. The summed E-state index contributed by atoms with van der Waals surface area (Å²) in [5.74, 6) is -11.1. The molecule has 0 aliphatic carbocycles. The number of hydrogen-bond acceptors (Lipinski definition) is 50. The van der Waals surface area contributed by atoms with Gasteiger partial charge in [-0.2, -0.15) is 94.1 Å². The molecule has 40 unspecified atom stereocenters. The van der Waals surface area contributed by atoms with Crippen LogP contribution in [0.25, 0.3) is 0 Å². The third-order valence-electron chi connectivity index (χ3n) is 21.3. The van der Waals surface area contributed by atoms with Gasteiger partial charge in [-0.25, -0.2) is 0 Å². The Morgan fingerprint density at radius 2 is 0.328 bits per heavy atom. The lowest BCUT2D eigenvalue weighted by atomic mass is 9.95. The first-order chi connectivity index (χ1) is 61.0. The molecule has 30 aliphatic rings. The molecule has 30 fully saturated rings. The molecule has 0 aromatic rings. The highest BCUT2D eigenvalue weighted by molar-refractivity contribution is 8.00. The summed E-state index contributed by atoms with van der Waals surface area (Å²) in [4.78, 5) is 93.2. The summed E-state index contributed by atoms with van der Waals surface area (Å²) in [6.45, 7) is -0.0804. The summed E-state index contributed by atoms with van der Waals surface area (Å²) in [6, 6.07) is 0. The van der Waals surface area contributed by atoms with Crippen LogP contribution in [0.5, 0.6) is 0 Å². The van der Waals surface area contributed by atoms with Crippen molar-refractivity contribution in [2.45, 2.75) is 284 Å². The molecular formula is C72H112O48S8. The molecule has 0 saturated carbocycles. The summed E-state index contributed by atoms with van der Waals surface area (Å²) in [7, 11) is 0. The van der Waals surface area contributed by atoms with Crippen LogP contribution in [-0.4, -0.2) is 512 Å². The standard InChI is InChI=1S/C72H112O48S8/c73-25-103-7-15-127-23-33-63-48(94)56(102)72(112-33)120-64-34(24-128-16-8-104-26-74)111-71(55(101)47(64)93)118-62-32(22-126-14-6-40(85)86)109-69(53(99)45(62)91)116-60-30(20-124-12-4-38(81)82)107-67(51(97)43(60)89)114-58-28(18-122-10-2-36(77)78)105-65(49(95)41(58)87)113-57-27(17-121-9-1-35(75)76)106-66(50(96)42(57)88)115-59-29(19-123-11-3-37(79)80)108-68(52(98)44(59)90)117-61-31(21-125-13-5-39(83)84)110-70(119-63)54(100)46(61)92/h25-34,41-72,87-102H,1-24H2,(H,75,76)(H,77,78)(H,79,80)(H,81,82)(H,83,84)(H,85,86). The van der Waals surface area contributed by atoms with Gasteiger partial charge in [0, 0.05) is 92.0 Å². The number of thioether (sulfide) groups is 8. The Hall–Kier alpha value is -2.72. The van der Waals surface area contributed by atoms with E-state index in [4.69, 9.17) is 85.3 Å². The van der Waals surface area contributed by atoms with Crippen molar-refractivity contribution in [1.29, 1.82) is 0 Å². The normalized spacial score (nSPS) is 41.4. The highest BCUT2D eigenvalue weighted by Crippen LogP contribution is 2.43. The molecule has 40 atom stereocenters. The molecule has 30 saturated heterocycles. The summed E-state index contributed by atoms with van der Waals surface area (Å²) in [5.41, 5.74) is 0. The lowest BCUT2D eigenvalue weighted by molar-refractivity contribution is -0.396. The Balaban J connectivity index is 1.11. The van der Waals surface area contributed by atoms with Crippen LogP contribution in [0.15, 0.2) is 0 Å². The number of carbonyl (C=O) groups is 8. The highest BCUT2D eigenvalue weighted by atomic mass is 32.2. The van der Waals surface area contributed by atoms with E-state index < -0.39 is 320 Å². The van der Waals surface area contributed by atoms with Gasteiger partial charge in [-0.3, -0.25) is 38.4 Å². The van der Waals surface area contributed by atoms with Gasteiger partial charge in [0.05, 0.1) is 87.4 Å². The summed E-state index contributed by atoms with van der Waals surface area (Å²) < 4.78 is 110. The van der Waals surface area contributed by atoms with Crippen molar-refractivity contribution in [2.24, 2.45) is 0 Å². The zero-order valence-corrected chi connectivity index (χ0v) is 74.5. The van der Waals surface area contributed by atoms with Gasteiger partial charge in [0.1, 0.15) is 160 Å². The molecule has 0 spiro atoms. The summed E-state index contributed by atoms with van der Waals surface area (Å²) in [6.07, 6.45) is -83.8. The van der Waals surface area contributed by atoms with Crippen LogP contribution in [0.1, 0.15) is 38.5 Å². The Morgan fingerprint density at radius 3 is 0.445 bits per heavy atom. The van der Waals surface area contributed by atoms with Crippen LogP contribution in [0, 0.1) is 0 Å². The zero-order chi connectivity index (χ0) is 93.3. The van der Waals surface area contributed by atoms with E-state index in [9.17, 15) is 151 Å². The van der Waals surface area contributed by atoms with E-state index in [0.29, 0.717) is 0 Å². The predicted octanol–water partition coefficient (Wildman–Crippen LogP) is -8.29. The van der Waals surface area contributed by atoms with Gasteiger partial charge in [0.25, 0.3) is 12.9 Å². The molecule has 48 nitrogen and oxygen atoms in total. The smallest absolute Gasteiger partial charge is 0.304 e. The van der Waals surface area contributed by atoms with Crippen molar-refractivity contribution in [2.75, 3.05) is 105 Å². The van der Waals surface area contributed by atoms with E-state index in [1.807, 2.05) is 0 Å². The molecular weight excluding hydrogens is 1890 g/mol. The van der Waals surface area contributed by atoms with Crippen LogP contribution in [-0.2, 0) is 124 Å². The topological polar surface area (TPSA) is 748 Å². The minimum atomic E-state index is -2.32. The number of carboxylic acid groups (broad SMARTS) is 6. The second kappa shape index (κ2) is 53.9. The maximum absolute atomic E-state index is 12.3. The average molecular weight is 2000 g/mol. The van der Waals surface area contributed by atoms with E-state index in [1.54, 1.807) is 0 Å². The Morgan fingerprint density at radius 1 is 0.203 bits per heavy atom. The zero-order valence-electron chi connectivity index (χ0n) is 67.9. The van der Waals surface area contributed by atoms with Crippen LogP contribution in [0.2, 0.25) is 0 Å². The molecule has 736 valence electrons. The first-order valence-corrected chi connectivity index (χ1v) is 49.7. The molecule has 30 aliphatic heterocycles. The van der Waals surface area contributed by atoms with Crippen molar-refractivity contribution in [3.63, 3.8) is 0 Å². The molecule has 56 heteroatoms. The Labute approximate surface area is 763 Å². The van der Waals surface area contributed by atoms with Gasteiger partial charge < -0.3 is 198 Å². The number of rotatable bonds is 42. The summed E-state index contributed by atoms with van der Waals surface area (Å²) in [5, 5.41) is 253. The van der Waals surface area contributed by atoms with E-state index >= 15 is 0 Å². The number of carboxylic acids is 6. The van der Waals surface area contributed by atoms with Crippen LogP contribution < -0.4 is 0 Å². The van der Waals surface area contributed by atoms with E-state index in [1.165, 1.54) is 0 Å². The minimum Gasteiger partial charge on any atom is -0.481 e. The predicted molar refractivity (Wildman–Crippen MR) is 441 cm³/mol. The first kappa shape index (κ1) is 109. The van der Waals surface area contributed by atoms with Crippen LogP contribution in [0.3, 0.4) is 0 Å². The number of aliphatic hydroxyl groups is 16. The summed E-state index contributed by atoms with van der Waals surface area (Å²) >= 11 is 7.35. The highest BCUT2D eigenvalue weighted by Gasteiger charge is 2.61. The second-order valence-electron chi connectivity index (χ2n) is 30.4. The monoisotopic (exact) mass is 2000 g/mol. The fourth-order valence-electron chi connectivity index (χ4n) is 14.7. The molecule has 128 heavy (non-hydrogen) atoms. The number of aliphatic carboxylic acids is 6. The number of carbonyl (C=O) groups excluding carboxylic acids is 2. The molecule has 16 bridgehead atoms. The maximum Gasteiger partial charge on any atom is 0.304 e. The van der Waals surface area contributed by atoms with Gasteiger partial charge in [0.15, 0.2) is 50.3 Å². The van der Waals surface area contributed by atoms with E-state index in [2.05, 4.69) is 0 Å². The van der Waals surface area contributed by atoms with Crippen molar-refractivity contribution in [1.82, 2.24) is 0 Å². The molecule has 0 aromatic carbocycles. The SMILES string of the molecule is O=COCCSCC1OC2OC3C(CSCCC(=O)O)OC(OC4C(CSCCC(=O)O)OC(OC5C(CSCCC(=O)O)OC(OC6C(CSCCC(=O)O)OC(OC7C(CSCCC(=O)O)OC(OC8C(CSCCC(=O)O)OC(OC9C(CSCCOC=O)OC(OC1C(O)C2O)C(O)C9O)C(O)C8O)C(O)C7O)C(O)C6O)C(O)C5O)C(O)C4O)C(O)C3O. The van der Waals surface area contributed by atoms with Crippen molar-refractivity contribution < 1.29 is 236 Å². The molecule has 30 heterocycles. The number of hydrogen-bond donors (Lipinski definition) is 22. The van der Waals surface area contributed by atoms with Gasteiger partial charge in [-0.1, -0.05) is 0 Å². The quantitative estimate of drug-likeness (QED) is 0.0199. The lowest BCUT2D eigenvalue weighted by Crippen LogP contribution is -2.69.